The Morgan fingerprint density at radius 2 is 1.89 bits per heavy atom. The summed E-state index contributed by atoms with van der Waals surface area (Å²) in [6.07, 6.45) is 6.45. The first-order valence-corrected chi connectivity index (χ1v) is 7.35. The molecule has 1 aliphatic heterocycles. The number of hydrogen-bond acceptors (Lipinski definition) is 4. The zero-order valence-corrected chi connectivity index (χ0v) is 12.2. The highest BCUT2D eigenvalue weighted by Crippen LogP contribution is 2.31. The minimum atomic E-state index is 0.335. The standard InChI is InChI=1S/C14H19ClN4/c1-9-12-11(8-16-9)17-14(15)18-13(12)19(2)10-6-4-3-5-7-10/h10H,3-8H2,1-2H3. The van der Waals surface area contributed by atoms with E-state index >= 15 is 0 Å². The minimum Gasteiger partial charge on any atom is -0.356 e. The zero-order valence-electron chi connectivity index (χ0n) is 11.5. The first-order valence-electron chi connectivity index (χ1n) is 6.97. The second kappa shape index (κ2) is 5.08. The van der Waals surface area contributed by atoms with Crippen LogP contribution in [0.2, 0.25) is 5.28 Å². The summed E-state index contributed by atoms with van der Waals surface area (Å²) in [5, 5.41) is 0.335. The number of halogens is 1. The lowest BCUT2D eigenvalue weighted by atomic mass is 9.94. The van der Waals surface area contributed by atoms with Gasteiger partial charge in [0.2, 0.25) is 5.28 Å². The van der Waals surface area contributed by atoms with Gasteiger partial charge in [-0.15, -0.1) is 0 Å². The average Bonchev–Trinajstić information content (AvgIpc) is 2.79. The zero-order chi connectivity index (χ0) is 13.4. The van der Waals surface area contributed by atoms with Gasteiger partial charge >= 0.3 is 0 Å². The Hall–Kier alpha value is -1.16. The van der Waals surface area contributed by atoms with Crippen molar-refractivity contribution in [3.05, 3.63) is 16.5 Å². The number of fused-ring (bicyclic) bond motifs is 1. The third-order valence-corrected chi connectivity index (χ3v) is 4.39. The van der Waals surface area contributed by atoms with E-state index in [2.05, 4.69) is 26.9 Å². The van der Waals surface area contributed by atoms with Crippen LogP contribution in [-0.4, -0.2) is 28.8 Å². The highest BCUT2D eigenvalue weighted by molar-refractivity contribution is 6.28. The maximum atomic E-state index is 6.06. The van der Waals surface area contributed by atoms with Crippen LogP contribution in [0.15, 0.2) is 4.99 Å². The highest BCUT2D eigenvalue weighted by Gasteiger charge is 2.26. The Morgan fingerprint density at radius 1 is 1.16 bits per heavy atom. The van der Waals surface area contributed by atoms with Crippen LogP contribution in [0.4, 0.5) is 5.82 Å². The van der Waals surface area contributed by atoms with E-state index in [0.717, 1.165) is 22.8 Å². The Bertz CT molecular complexity index is 520. The molecule has 0 radical (unpaired) electrons. The molecule has 19 heavy (non-hydrogen) atoms. The van der Waals surface area contributed by atoms with Crippen molar-refractivity contribution < 1.29 is 0 Å². The fourth-order valence-corrected chi connectivity index (χ4v) is 3.30. The summed E-state index contributed by atoms with van der Waals surface area (Å²) in [6, 6.07) is 0.567. The number of anilines is 1. The van der Waals surface area contributed by atoms with Crippen molar-refractivity contribution in [2.75, 3.05) is 11.9 Å². The summed E-state index contributed by atoms with van der Waals surface area (Å²) in [7, 11) is 2.13. The second-order valence-corrected chi connectivity index (χ2v) is 5.78. The van der Waals surface area contributed by atoms with Crippen LogP contribution in [0.3, 0.4) is 0 Å². The van der Waals surface area contributed by atoms with E-state index < -0.39 is 0 Å². The average molecular weight is 279 g/mol. The monoisotopic (exact) mass is 278 g/mol. The van der Waals surface area contributed by atoms with Gasteiger partial charge in [-0.05, 0) is 31.4 Å². The molecule has 1 saturated carbocycles. The molecule has 4 nitrogen and oxygen atoms in total. The Balaban J connectivity index is 1.97. The van der Waals surface area contributed by atoms with E-state index in [1.807, 2.05) is 6.92 Å². The van der Waals surface area contributed by atoms with Gasteiger partial charge in [-0.3, -0.25) is 4.99 Å². The third-order valence-electron chi connectivity index (χ3n) is 4.22. The van der Waals surface area contributed by atoms with Gasteiger partial charge < -0.3 is 4.90 Å². The molecule has 1 aromatic rings. The molecule has 0 amide bonds. The quantitative estimate of drug-likeness (QED) is 0.780. The molecule has 5 heteroatoms. The van der Waals surface area contributed by atoms with Crippen molar-refractivity contribution in [1.29, 1.82) is 0 Å². The lowest BCUT2D eigenvalue weighted by Crippen LogP contribution is -2.35. The summed E-state index contributed by atoms with van der Waals surface area (Å²) in [6.45, 7) is 2.66. The van der Waals surface area contributed by atoms with Crippen molar-refractivity contribution in [3.8, 4) is 0 Å². The van der Waals surface area contributed by atoms with E-state index in [1.165, 1.54) is 32.1 Å². The van der Waals surface area contributed by atoms with Crippen molar-refractivity contribution >= 4 is 23.1 Å². The highest BCUT2D eigenvalue weighted by atomic mass is 35.5. The maximum Gasteiger partial charge on any atom is 0.224 e. The minimum absolute atomic E-state index is 0.335. The normalized spacial score (nSPS) is 19.2. The van der Waals surface area contributed by atoms with E-state index in [-0.39, 0.29) is 0 Å². The molecular weight excluding hydrogens is 260 g/mol. The van der Waals surface area contributed by atoms with Crippen molar-refractivity contribution in [1.82, 2.24) is 9.97 Å². The molecule has 2 aliphatic rings. The molecule has 1 fully saturated rings. The van der Waals surface area contributed by atoms with Gasteiger partial charge in [-0.1, -0.05) is 19.3 Å². The lowest BCUT2D eigenvalue weighted by Gasteiger charge is -2.33. The molecule has 1 aliphatic carbocycles. The van der Waals surface area contributed by atoms with Crippen LogP contribution in [-0.2, 0) is 6.54 Å². The van der Waals surface area contributed by atoms with E-state index in [4.69, 9.17) is 11.6 Å². The first kappa shape index (κ1) is 12.9. The van der Waals surface area contributed by atoms with Crippen LogP contribution in [0.1, 0.15) is 50.3 Å². The van der Waals surface area contributed by atoms with Crippen LogP contribution in [0, 0.1) is 0 Å². The molecule has 2 heterocycles. The smallest absolute Gasteiger partial charge is 0.224 e. The number of aromatic nitrogens is 2. The number of aliphatic imine (C=N–C) groups is 1. The fourth-order valence-electron chi connectivity index (χ4n) is 3.12. The molecule has 102 valence electrons. The molecule has 0 aromatic carbocycles. The summed E-state index contributed by atoms with van der Waals surface area (Å²) in [5.74, 6) is 0.959. The van der Waals surface area contributed by atoms with Gasteiger partial charge in [0.15, 0.2) is 0 Å². The Kier molecular flexibility index (Phi) is 3.44. The van der Waals surface area contributed by atoms with Gasteiger partial charge in [-0.2, -0.15) is 4.98 Å². The maximum absolute atomic E-state index is 6.06. The van der Waals surface area contributed by atoms with E-state index in [1.54, 1.807) is 0 Å². The summed E-state index contributed by atoms with van der Waals surface area (Å²) in [5.41, 5.74) is 3.09. The van der Waals surface area contributed by atoms with Crippen molar-refractivity contribution in [3.63, 3.8) is 0 Å². The largest absolute Gasteiger partial charge is 0.356 e. The van der Waals surface area contributed by atoms with Gasteiger partial charge in [0.25, 0.3) is 0 Å². The van der Waals surface area contributed by atoms with Crippen LogP contribution < -0.4 is 4.90 Å². The SMILES string of the molecule is CC1=NCc2nc(Cl)nc(N(C)C3CCCCC3)c21. The number of nitrogens with zero attached hydrogens (tertiary/aromatic N) is 4. The molecule has 0 saturated heterocycles. The number of hydrogen-bond donors (Lipinski definition) is 0. The van der Waals surface area contributed by atoms with Crippen molar-refractivity contribution in [2.45, 2.75) is 51.6 Å². The Morgan fingerprint density at radius 3 is 2.63 bits per heavy atom. The van der Waals surface area contributed by atoms with Crippen LogP contribution >= 0.6 is 11.6 Å². The lowest BCUT2D eigenvalue weighted by molar-refractivity contribution is 0.426. The molecule has 0 atom stereocenters. The van der Waals surface area contributed by atoms with Crippen LogP contribution in [0.5, 0.6) is 0 Å². The molecule has 3 rings (SSSR count). The molecule has 0 spiro atoms. The molecule has 1 aromatic heterocycles. The van der Waals surface area contributed by atoms with Gasteiger partial charge in [-0.25, -0.2) is 4.98 Å². The first-order chi connectivity index (χ1) is 9.16. The summed E-state index contributed by atoms with van der Waals surface area (Å²) >= 11 is 6.06. The van der Waals surface area contributed by atoms with Gasteiger partial charge in [0, 0.05) is 18.8 Å². The Labute approximate surface area is 118 Å². The third kappa shape index (κ3) is 2.34. The van der Waals surface area contributed by atoms with E-state index in [0.29, 0.717) is 17.9 Å². The van der Waals surface area contributed by atoms with Gasteiger partial charge in [0.05, 0.1) is 17.8 Å². The molecular formula is C14H19ClN4. The summed E-state index contributed by atoms with van der Waals surface area (Å²) in [4.78, 5) is 15.5. The second-order valence-electron chi connectivity index (χ2n) is 5.44. The van der Waals surface area contributed by atoms with Crippen LogP contribution in [0.25, 0.3) is 0 Å². The molecule has 0 N–H and O–H groups in total. The molecule has 0 bridgehead atoms. The van der Waals surface area contributed by atoms with Gasteiger partial charge in [0.1, 0.15) is 5.82 Å². The fraction of sp³-hybridized carbons (Fsp3) is 0.643. The molecule has 0 unspecified atom stereocenters. The van der Waals surface area contributed by atoms with Crippen molar-refractivity contribution in [2.24, 2.45) is 4.99 Å². The predicted molar refractivity (Wildman–Crippen MR) is 78.2 cm³/mol. The predicted octanol–water partition coefficient (Wildman–Crippen LogP) is 3.22. The van der Waals surface area contributed by atoms with E-state index in [9.17, 15) is 0 Å². The summed E-state index contributed by atoms with van der Waals surface area (Å²) < 4.78 is 0. The topological polar surface area (TPSA) is 41.4 Å². The number of rotatable bonds is 2.